The number of rotatable bonds is 1. The van der Waals surface area contributed by atoms with E-state index in [-0.39, 0.29) is 0 Å². The van der Waals surface area contributed by atoms with Gasteiger partial charge in [0.05, 0.1) is 6.07 Å². The van der Waals surface area contributed by atoms with Crippen molar-refractivity contribution in [1.82, 2.24) is 0 Å². The molecule has 0 unspecified atom stereocenters. The largest absolute Gasteiger partial charge is 0.478 e. The first-order valence-electron chi connectivity index (χ1n) is 1.56. The molecular weight excluding hydrogens is 94.0 g/mol. The highest BCUT2D eigenvalue weighted by Gasteiger charge is 1.79. The van der Waals surface area contributed by atoms with Gasteiger partial charge in [-0.1, -0.05) is 0 Å². The predicted octanol–water partition coefficient (Wildman–Crippen LogP) is 0.151. The molecule has 0 bridgehead atoms. The Balaban J connectivity index is 3.53. The van der Waals surface area contributed by atoms with Crippen LogP contribution in [0.15, 0.2) is 12.2 Å². The Morgan fingerprint density at radius 3 is 2.57 bits per heavy atom. The first-order chi connectivity index (χ1) is 3.27. The lowest BCUT2D eigenvalue weighted by molar-refractivity contribution is -0.131. The average molecular weight is 97.1 g/mol. The van der Waals surface area contributed by atoms with E-state index in [2.05, 4.69) is 0 Å². The lowest BCUT2D eigenvalue weighted by Gasteiger charge is -1.67. The predicted molar refractivity (Wildman–Crippen MR) is 22.4 cm³/mol. The third kappa shape index (κ3) is 4.70. The molecule has 0 aliphatic carbocycles. The Hall–Kier alpha value is -1.30. The summed E-state index contributed by atoms with van der Waals surface area (Å²) in [4.78, 5) is 9.52. The number of hydrogen-bond acceptors (Lipinski definition) is 2. The van der Waals surface area contributed by atoms with Crippen molar-refractivity contribution in [3.63, 3.8) is 0 Å². The SMILES string of the molecule is N#CC=CC(=O)O. The molecule has 0 radical (unpaired) electrons. The van der Waals surface area contributed by atoms with Crippen molar-refractivity contribution in [3.8, 4) is 6.07 Å². The molecule has 0 fully saturated rings. The molecule has 0 aromatic heterocycles. The van der Waals surface area contributed by atoms with Crippen LogP contribution in [0.4, 0.5) is 0 Å². The summed E-state index contributed by atoms with van der Waals surface area (Å²) in [5.41, 5.74) is 0. The lowest BCUT2D eigenvalue weighted by Crippen LogP contribution is -1.83. The summed E-state index contributed by atoms with van der Waals surface area (Å²) < 4.78 is 0. The fourth-order valence-corrected chi connectivity index (χ4v) is 0.109. The summed E-state index contributed by atoms with van der Waals surface area (Å²) in [6, 6.07) is 1.54. The van der Waals surface area contributed by atoms with Crippen LogP contribution >= 0.6 is 0 Å². The third-order valence-corrected chi connectivity index (χ3v) is 0.300. The third-order valence-electron chi connectivity index (χ3n) is 0.300. The van der Waals surface area contributed by atoms with E-state index in [0.29, 0.717) is 0 Å². The zero-order valence-corrected chi connectivity index (χ0v) is 3.46. The average Bonchev–Trinajstić information content (AvgIpc) is 1.61. The van der Waals surface area contributed by atoms with Gasteiger partial charge in [-0.05, 0) is 0 Å². The molecule has 0 rings (SSSR count). The normalized spacial score (nSPS) is 8.43. The van der Waals surface area contributed by atoms with Crippen molar-refractivity contribution in [3.05, 3.63) is 12.2 Å². The molecule has 3 nitrogen and oxygen atoms in total. The van der Waals surface area contributed by atoms with Crippen LogP contribution in [0.2, 0.25) is 0 Å². The molecule has 0 amide bonds. The Morgan fingerprint density at radius 2 is 2.43 bits per heavy atom. The molecule has 0 atom stereocenters. The summed E-state index contributed by atoms with van der Waals surface area (Å²) in [5, 5.41) is 15.5. The number of aliphatic carboxylic acids is 1. The quantitative estimate of drug-likeness (QED) is 0.374. The van der Waals surface area contributed by atoms with Gasteiger partial charge in [-0.15, -0.1) is 0 Å². The number of nitriles is 1. The maximum Gasteiger partial charge on any atom is 0.329 e. The van der Waals surface area contributed by atoms with Gasteiger partial charge in [-0.3, -0.25) is 0 Å². The van der Waals surface area contributed by atoms with Crippen LogP contribution in [0, 0.1) is 11.3 Å². The van der Waals surface area contributed by atoms with E-state index in [1.54, 1.807) is 0 Å². The van der Waals surface area contributed by atoms with E-state index in [0.717, 1.165) is 12.2 Å². The van der Waals surface area contributed by atoms with Crippen LogP contribution < -0.4 is 0 Å². The van der Waals surface area contributed by atoms with Gasteiger partial charge in [0, 0.05) is 12.2 Å². The molecule has 0 heterocycles. The number of nitrogens with zero attached hydrogens (tertiary/aromatic N) is 1. The molecule has 3 heteroatoms. The summed E-state index contributed by atoms with van der Waals surface area (Å²) >= 11 is 0. The molecule has 36 valence electrons. The minimum Gasteiger partial charge on any atom is -0.478 e. The minimum atomic E-state index is -1.10. The molecule has 1 N–H and O–H groups in total. The second-order valence-electron chi connectivity index (χ2n) is 0.801. The van der Waals surface area contributed by atoms with Gasteiger partial charge in [-0.2, -0.15) is 5.26 Å². The molecule has 0 aliphatic heterocycles. The van der Waals surface area contributed by atoms with Crippen LogP contribution in [0.25, 0.3) is 0 Å². The number of carboxylic acid groups (broad SMARTS) is 1. The van der Waals surface area contributed by atoms with Crippen LogP contribution in [0.3, 0.4) is 0 Å². The maximum absolute atomic E-state index is 9.52. The first-order valence-corrected chi connectivity index (χ1v) is 1.56. The van der Waals surface area contributed by atoms with Gasteiger partial charge < -0.3 is 5.11 Å². The summed E-state index contributed by atoms with van der Waals surface area (Å²) in [6.45, 7) is 0. The standard InChI is InChI=1S/C4H3NO2/c5-3-1-2-4(6)7/h1-2H,(H,6,7). The number of hydrogen-bond donors (Lipinski definition) is 1. The Morgan fingerprint density at radius 1 is 1.86 bits per heavy atom. The summed E-state index contributed by atoms with van der Waals surface area (Å²) in [7, 11) is 0. The van der Waals surface area contributed by atoms with Crippen LogP contribution in [0.1, 0.15) is 0 Å². The van der Waals surface area contributed by atoms with Gasteiger partial charge >= 0.3 is 5.97 Å². The molecule has 0 aliphatic rings. The smallest absolute Gasteiger partial charge is 0.329 e. The fourth-order valence-electron chi connectivity index (χ4n) is 0.109. The Labute approximate surface area is 40.5 Å². The summed E-state index contributed by atoms with van der Waals surface area (Å²) in [6.07, 6.45) is 1.68. The molecule has 0 spiro atoms. The number of carboxylic acids is 1. The topological polar surface area (TPSA) is 61.1 Å². The van der Waals surface area contributed by atoms with E-state index in [1.807, 2.05) is 0 Å². The molecule has 0 saturated carbocycles. The highest BCUT2D eigenvalue weighted by Crippen LogP contribution is 1.66. The van der Waals surface area contributed by atoms with Crippen molar-refractivity contribution in [1.29, 1.82) is 5.26 Å². The van der Waals surface area contributed by atoms with Crippen molar-refractivity contribution in [2.75, 3.05) is 0 Å². The van der Waals surface area contributed by atoms with Crippen molar-refractivity contribution < 1.29 is 9.90 Å². The molecule has 0 aromatic rings. The molecule has 0 aromatic carbocycles. The highest BCUT2D eigenvalue weighted by molar-refractivity contribution is 5.80. The van der Waals surface area contributed by atoms with E-state index < -0.39 is 5.97 Å². The van der Waals surface area contributed by atoms with Gasteiger partial charge in [0.1, 0.15) is 0 Å². The van der Waals surface area contributed by atoms with Crippen molar-refractivity contribution >= 4 is 5.97 Å². The zero-order valence-electron chi connectivity index (χ0n) is 3.46. The van der Waals surface area contributed by atoms with Crippen LogP contribution in [-0.2, 0) is 4.79 Å². The Bertz CT molecular complexity index is 131. The zero-order chi connectivity index (χ0) is 5.70. The lowest BCUT2D eigenvalue weighted by atomic mass is 10.5. The highest BCUT2D eigenvalue weighted by atomic mass is 16.4. The second kappa shape index (κ2) is 2.91. The van der Waals surface area contributed by atoms with Gasteiger partial charge in [0.25, 0.3) is 0 Å². The van der Waals surface area contributed by atoms with E-state index in [9.17, 15) is 4.79 Å². The van der Waals surface area contributed by atoms with Crippen LogP contribution in [-0.4, -0.2) is 11.1 Å². The van der Waals surface area contributed by atoms with E-state index >= 15 is 0 Å². The van der Waals surface area contributed by atoms with Crippen molar-refractivity contribution in [2.24, 2.45) is 0 Å². The van der Waals surface area contributed by atoms with Gasteiger partial charge in [0.2, 0.25) is 0 Å². The van der Waals surface area contributed by atoms with E-state index in [4.69, 9.17) is 10.4 Å². The van der Waals surface area contributed by atoms with Crippen molar-refractivity contribution in [2.45, 2.75) is 0 Å². The van der Waals surface area contributed by atoms with Crippen LogP contribution in [0.5, 0.6) is 0 Å². The minimum absolute atomic E-state index is 0.778. The number of allylic oxidation sites excluding steroid dienone is 1. The molecule has 0 saturated heterocycles. The fraction of sp³-hybridized carbons (Fsp3) is 0. The first kappa shape index (κ1) is 5.70. The summed E-state index contributed by atoms with van der Waals surface area (Å²) in [5.74, 6) is -1.10. The maximum atomic E-state index is 9.52. The van der Waals surface area contributed by atoms with Gasteiger partial charge in [-0.25, -0.2) is 4.79 Å². The monoisotopic (exact) mass is 97.0 g/mol. The molecule has 7 heavy (non-hydrogen) atoms. The molecular formula is C4H3NO2. The van der Waals surface area contributed by atoms with Gasteiger partial charge in [0.15, 0.2) is 0 Å². The second-order valence-corrected chi connectivity index (χ2v) is 0.801. The number of carbonyl (C=O) groups is 1. The Kier molecular flexibility index (Phi) is 2.37. The van der Waals surface area contributed by atoms with E-state index in [1.165, 1.54) is 6.07 Å².